The maximum Gasteiger partial charge on any atom is 0.227 e. The molecule has 1 aliphatic heterocycles. The normalized spacial score (nSPS) is 14.8. The molecule has 2 amide bonds. The smallest absolute Gasteiger partial charge is 0.227 e. The fourth-order valence-corrected chi connectivity index (χ4v) is 4.21. The maximum absolute atomic E-state index is 12.7. The number of nitrogens with zero attached hydrogens (tertiary/aromatic N) is 1. The number of benzene rings is 3. The summed E-state index contributed by atoms with van der Waals surface area (Å²) in [6, 6.07) is 21.4. The first-order valence-corrected chi connectivity index (χ1v) is 11.1. The number of methoxy groups -OCH3 is 1. The third kappa shape index (κ3) is 5.26. The van der Waals surface area contributed by atoms with Gasteiger partial charge in [0.25, 0.3) is 0 Å². The zero-order valence-electron chi connectivity index (χ0n) is 18.3. The third-order valence-electron chi connectivity index (χ3n) is 6.04. The van der Waals surface area contributed by atoms with Gasteiger partial charge in [-0.25, -0.2) is 0 Å². The molecule has 3 aromatic carbocycles. The minimum absolute atomic E-state index is 0.0115. The van der Waals surface area contributed by atoms with E-state index in [2.05, 4.69) is 15.5 Å². The molecule has 4 rings (SSSR count). The fraction of sp³-hybridized carbons (Fsp3) is 0.308. The van der Waals surface area contributed by atoms with Crippen molar-refractivity contribution in [3.05, 3.63) is 66.7 Å². The standard InChI is InChI=1S/C26H29N3O3/c1-32-24-12-5-4-10-23(24)28-26(31)20-13-16-29(17-14-20)18-15-25(30)27-22-11-6-8-19-7-2-3-9-21(19)22/h2-12,20H,13-18H2,1H3,(H,27,30)(H,28,31). The van der Waals surface area contributed by atoms with E-state index in [0.717, 1.165) is 42.4 Å². The molecule has 0 saturated carbocycles. The summed E-state index contributed by atoms with van der Waals surface area (Å²) in [6.45, 7) is 2.31. The van der Waals surface area contributed by atoms with Crippen LogP contribution < -0.4 is 15.4 Å². The second-order valence-electron chi connectivity index (χ2n) is 8.13. The van der Waals surface area contributed by atoms with Gasteiger partial charge in [0.05, 0.1) is 12.8 Å². The Kier molecular flexibility index (Phi) is 7.02. The fourth-order valence-electron chi connectivity index (χ4n) is 4.21. The molecule has 0 radical (unpaired) electrons. The summed E-state index contributed by atoms with van der Waals surface area (Å²) in [7, 11) is 1.60. The Hall–Kier alpha value is -3.38. The number of para-hydroxylation sites is 2. The number of amides is 2. The van der Waals surface area contributed by atoms with Crippen molar-refractivity contribution in [2.24, 2.45) is 5.92 Å². The highest BCUT2D eigenvalue weighted by Crippen LogP contribution is 2.26. The van der Waals surface area contributed by atoms with Crippen LogP contribution in [0.3, 0.4) is 0 Å². The Bertz CT molecular complexity index is 1090. The molecule has 166 valence electrons. The van der Waals surface area contributed by atoms with Crippen molar-refractivity contribution in [2.75, 3.05) is 37.4 Å². The largest absolute Gasteiger partial charge is 0.495 e. The molecule has 0 aromatic heterocycles. The summed E-state index contributed by atoms with van der Waals surface area (Å²) in [4.78, 5) is 27.5. The lowest BCUT2D eigenvalue weighted by Crippen LogP contribution is -2.39. The molecule has 1 heterocycles. The van der Waals surface area contributed by atoms with Crippen molar-refractivity contribution in [3.63, 3.8) is 0 Å². The van der Waals surface area contributed by atoms with Crippen molar-refractivity contribution in [2.45, 2.75) is 19.3 Å². The van der Waals surface area contributed by atoms with Crippen LogP contribution in [0.1, 0.15) is 19.3 Å². The Morgan fingerprint density at radius 3 is 2.41 bits per heavy atom. The van der Waals surface area contributed by atoms with E-state index in [1.54, 1.807) is 7.11 Å². The summed E-state index contributed by atoms with van der Waals surface area (Å²) in [5.41, 5.74) is 1.55. The number of nitrogens with one attached hydrogen (secondary N) is 2. The molecule has 3 aromatic rings. The van der Waals surface area contributed by atoms with Gasteiger partial charge in [0.2, 0.25) is 11.8 Å². The van der Waals surface area contributed by atoms with E-state index in [1.165, 1.54) is 0 Å². The van der Waals surface area contributed by atoms with Crippen molar-refractivity contribution >= 4 is 34.0 Å². The maximum atomic E-state index is 12.7. The van der Waals surface area contributed by atoms with Gasteiger partial charge in [-0.15, -0.1) is 0 Å². The van der Waals surface area contributed by atoms with Gasteiger partial charge in [-0.05, 0) is 49.5 Å². The molecule has 6 heteroatoms. The number of piperidine rings is 1. The molecule has 6 nitrogen and oxygen atoms in total. The number of hydrogen-bond donors (Lipinski definition) is 2. The highest BCUT2D eigenvalue weighted by atomic mass is 16.5. The molecule has 1 saturated heterocycles. The van der Waals surface area contributed by atoms with Crippen LogP contribution in [0, 0.1) is 5.92 Å². The summed E-state index contributed by atoms with van der Waals surface area (Å²) in [6.07, 6.45) is 2.00. The van der Waals surface area contributed by atoms with E-state index in [-0.39, 0.29) is 17.7 Å². The monoisotopic (exact) mass is 431 g/mol. The number of carbonyl (C=O) groups excluding carboxylic acids is 2. The highest BCUT2D eigenvalue weighted by Gasteiger charge is 2.25. The quantitative estimate of drug-likeness (QED) is 0.577. The first-order valence-electron chi connectivity index (χ1n) is 11.1. The SMILES string of the molecule is COc1ccccc1NC(=O)C1CCN(CCC(=O)Nc2cccc3ccccc23)CC1. The molecule has 2 N–H and O–H groups in total. The topological polar surface area (TPSA) is 70.7 Å². The number of hydrogen-bond acceptors (Lipinski definition) is 4. The number of anilines is 2. The minimum atomic E-state index is -0.0272. The van der Waals surface area contributed by atoms with Gasteiger partial charge in [0.1, 0.15) is 5.75 Å². The van der Waals surface area contributed by atoms with E-state index in [9.17, 15) is 9.59 Å². The minimum Gasteiger partial charge on any atom is -0.495 e. The van der Waals surface area contributed by atoms with Gasteiger partial charge in [0.15, 0.2) is 0 Å². The average molecular weight is 432 g/mol. The van der Waals surface area contributed by atoms with Crippen LogP contribution in [-0.2, 0) is 9.59 Å². The summed E-state index contributed by atoms with van der Waals surface area (Å²) < 4.78 is 5.31. The first-order chi connectivity index (χ1) is 15.6. The zero-order valence-corrected chi connectivity index (χ0v) is 18.3. The molecule has 0 atom stereocenters. The summed E-state index contributed by atoms with van der Waals surface area (Å²) in [5.74, 6) is 0.677. The van der Waals surface area contributed by atoms with Crippen molar-refractivity contribution in [1.82, 2.24) is 4.90 Å². The lowest BCUT2D eigenvalue weighted by Gasteiger charge is -2.31. The van der Waals surface area contributed by atoms with Crippen LogP contribution in [0.2, 0.25) is 0 Å². The van der Waals surface area contributed by atoms with Crippen LogP contribution >= 0.6 is 0 Å². The number of ether oxygens (including phenoxy) is 1. The summed E-state index contributed by atoms with van der Waals surface area (Å²) >= 11 is 0. The second-order valence-corrected chi connectivity index (χ2v) is 8.13. The van der Waals surface area contributed by atoms with E-state index < -0.39 is 0 Å². The van der Waals surface area contributed by atoms with Crippen LogP contribution in [0.4, 0.5) is 11.4 Å². The third-order valence-corrected chi connectivity index (χ3v) is 6.04. The molecule has 32 heavy (non-hydrogen) atoms. The van der Waals surface area contributed by atoms with Gasteiger partial charge < -0.3 is 20.3 Å². The Labute approximate surface area is 188 Å². The van der Waals surface area contributed by atoms with E-state index >= 15 is 0 Å². The molecule has 0 bridgehead atoms. The highest BCUT2D eigenvalue weighted by molar-refractivity contribution is 6.02. The average Bonchev–Trinajstić information content (AvgIpc) is 2.83. The predicted octanol–water partition coefficient (Wildman–Crippen LogP) is 4.53. The van der Waals surface area contributed by atoms with Crippen LogP contribution in [0.15, 0.2) is 66.7 Å². The molecule has 1 aliphatic rings. The van der Waals surface area contributed by atoms with Gasteiger partial charge in [0, 0.05) is 30.0 Å². The molecular weight excluding hydrogens is 402 g/mol. The molecule has 0 unspecified atom stereocenters. The van der Waals surface area contributed by atoms with Crippen molar-refractivity contribution in [1.29, 1.82) is 0 Å². The van der Waals surface area contributed by atoms with Crippen LogP contribution in [0.5, 0.6) is 5.75 Å². The Morgan fingerprint density at radius 2 is 1.59 bits per heavy atom. The number of likely N-dealkylation sites (tertiary alicyclic amines) is 1. The molecular formula is C26H29N3O3. The first kappa shape index (κ1) is 21.8. The van der Waals surface area contributed by atoms with E-state index in [4.69, 9.17) is 4.74 Å². The Morgan fingerprint density at radius 1 is 0.906 bits per heavy atom. The lowest BCUT2D eigenvalue weighted by atomic mass is 9.95. The second kappa shape index (κ2) is 10.3. The molecule has 0 aliphatic carbocycles. The van der Waals surface area contributed by atoms with Crippen LogP contribution in [-0.4, -0.2) is 43.5 Å². The predicted molar refractivity (Wildman–Crippen MR) is 128 cm³/mol. The van der Waals surface area contributed by atoms with Crippen molar-refractivity contribution in [3.8, 4) is 5.75 Å². The van der Waals surface area contributed by atoms with Gasteiger partial charge in [-0.1, -0.05) is 48.5 Å². The van der Waals surface area contributed by atoms with Crippen molar-refractivity contribution < 1.29 is 14.3 Å². The van der Waals surface area contributed by atoms with Gasteiger partial charge in [-0.2, -0.15) is 0 Å². The summed E-state index contributed by atoms with van der Waals surface area (Å²) in [5, 5.41) is 8.20. The molecule has 0 spiro atoms. The van der Waals surface area contributed by atoms with Crippen LogP contribution in [0.25, 0.3) is 10.8 Å². The number of rotatable bonds is 7. The lowest BCUT2D eigenvalue weighted by molar-refractivity contribution is -0.121. The van der Waals surface area contributed by atoms with E-state index in [0.29, 0.717) is 24.4 Å². The number of carbonyl (C=O) groups is 2. The van der Waals surface area contributed by atoms with Gasteiger partial charge in [-0.3, -0.25) is 9.59 Å². The van der Waals surface area contributed by atoms with E-state index in [1.807, 2.05) is 66.7 Å². The number of fused-ring (bicyclic) bond motifs is 1. The van der Waals surface area contributed by atoms with Gasteiger partial charge >= 0.3 is 0 Å². The molecule has 1 fully saturated rings. The Balaban J connectivity index is 1.23. The zero-order chi connectivity index (χ0) is 22.3.